The fraction of sp³-hybridized carbons (Fsp3) is 0.440. The normalized spacial score (nSPS) is 21.9. The predicted octanol–water partition coefficient (Wildman–Crippen LogP) is 6.51. The molecule has 36 heavy (non-hydrogen) atoms. The van der Waals surface area contributed by atoms with Gasteiger partial charge in [0, 0.05) is 11.3 Å². The van der Waals surface area contributed by atoms with E-state index in [0.29, 0.717) is 43.6 Å². The van der Waals surface area contributed by atoms with E-state index < -0.39 is 35.0 Å². The second-order valence-electron chi connectivity index (χ2n) is 9.28. The van der Waals surface area contributed by atoms with Crippen LogP contribution >= 0.6 is 0 Å². The van der Waals surface area contributed by atoms with Crippen LogP contribution in [0.2, 0.25) is 0 Å². The smallest absolute Gasteiger partial charge is 0.373 e. The van der Waals surface area contributed by atoms with Crippen LogP contribution in [0.15, 0.2) is 53.3 Å². The van der Waals surface area contributed by atoms with Crippen molar-refractivity contribution in [1.29, 1.82) is 0 Å². The van der Waals surface area contributed by atoms with Crippen LogP contribution in [0.3, 0.4) is 0 Å². The molecule has 0 saturated heterocycles. The Balaban J connectivity index is 1.57. The molecule has 0 amide bonds. The molecule has 1 unspecified atom stereocenters. The Morgan fingerprint density at radius 2 is 1.58 bits per heavy atom. The lowest BCUT2D eigenvalue weighted by Crippen LogP contribution is -2.36. The van der Waals surface area contributed by atoms with Crippen molar-refractivity contribution < 1.29 is 31.1 Å². The summed E-state index contributed by atoms with van der Waals surface area (Å²) in [6.45, 7) is 1.56. The Hall–Kier alpha value is -3.08. The number of H-pyrrole nitrogens is 2. The van der Waals surface area contributed by atoms with Crippen LogP contribution in [-0.4, -0.2) is 21.8 Å². The van der Waals surface area contributed by atoms with Crippen molar-refractivity contribution in [2.45, 2.75) is 62.4 Å². The molecule has 11 heteroatoms. The SMILES string of the molecule is CC(OCC1(c2ccccc2)CCC(c2n[nH]c(=O)[nH]2)CC1)c1cc(C(F)(F)F)cc(C(F)(F)F)c1. The van der Waals surface area contributed by atoms with Crippen molar-refractivity contribution in [2.75, 3.05) is 6.61 Å². The number of halogens is 6. The van der Waals surface area contributed by atoms with Crippen molar-refractivity contribution in [3.8, 4) is 0 Å². The highest BCUT2D eigenvalue weighted by Crippen LogP contribution is 2.45. The molecule has 1 aliphatic carbocycles. The second kappa shape index (κ2) is 9.76. The van der Waals surface area contributed by atoms with E-state index in [0.717, 1.165) is 5.56 Å². The highest BCUT2D eigenvalue weighted by molar-refractivity contribution is 5.35. The lowest BCUT2D eigenvalue weighted by Gasteiger charge is -2.40. The summed E-state index contributed by atoms with van der Waals surface area (Å²) in [7, 11) is 0. The summed E-state index contributed by atoms with van der Waals surface area (Å²) < 4.78 is 85.8. The van der Waals surface area contributed by atoms with Gasteiger partial charge in [0.1, 0.15) is 5.82 Å². The van der Waals surface area contributed by atoms with E-state index in [1.54, 1.807) is 0 Å². The minimum absolute atomic E-state index is 0.0241. The Kier molecular flexibility index (Phi) is 7.05. The molecule has 1 heterocycles. The average molecular weight is 513 g/mol. The average Bonchev–Trinajstić information content (AvgIpc) is 3.28. The van der Waals surface area contributed by atoms with Gasteiger partial charge in [-0.15, -0.1) is 0 Å². The van der Waals surface area contributed by atoms with E-state index in [1.165, 1.54) is 6.92 Å². The van der Waals surface area contributed by atoms with Gasteiger partial charge in [0.25, 0.3) is 0 Å². The number of rotatable bonds is 6. The van der Waals surface area contributed by atoms with E-state index in [2.05, 4.69) is 15.2 Å². The first-order valence-electron chi connectivity index (χ1n) is 11.5. The maximum absolute atomic E-state index is 13.3. The fourth-order valence-corrected chi connectivity index (χ4v) is 4.82. The molecule has 1 atom stereocenters. The van der Waals surface area contributed by atoms with Gasteiger partial charge in [-0.05, 0) is 61.9 Å². The summed E-state index contributed by atoms with van der Waals surface area (Å²) in [4.78, 5) is 14.1. The molecule has 194 valence electrons. The lowest BCUT2D eigenvalue weighted by molar-refractivity contribution is -0.143. The van der Waals surface area contributed by atoms with Gasteiger partial charge in [-0.25, -0.2) is 9.89 Å². The molecular formula is C25H25F6N3O2. The van der Waals surface area contributed by atoms with Gasteiger partial charge >= 0.3 is 18.0 Å². The van der Waals surface area contributed by atoms with Crippen molar-refractivity contribution in [1.82, 2.24) is 15.2 Å². The van der Waals surface area contributed by atoms with E-state index in [1.807, 2.05) is 30.3 Å². The third kappa shape index (κ3) is 5.66. The monoisotopic (exact) mass is 513 g/mol. The molecule has 1 saturated carbocycles. The molecule has 5 nitrogen and oxygen atoms in total. The zero-order valence-corrected chi connectivity index (χ0v) is 19.3. The number of aromatic amines is 2. The number of aromatic nitrogens is 3. The van der Waals surface area contributed by atoms with E-state index in [4.69, 9.17) is 4.74 Å². The van der Waals surface area contributed by atoms with E-state index >= 15 is 0 Å². The van der Waals surface area contributed by atoms with Crippen molar-refractivity contribution in [3.05, 3.63) is 87.1 Å². The third-order valence-corrected chi connectivity index (χ3v) is 6.92. The molecular weight excluding hydrogens is 488 g/mol. The van der Waals surface area contributed by atoms with Crippen LogP contribution in [-0.2, 0) is 22.5 Å². The Morgan fingerprint density at radius 3 is 2.08 bits per heavy atom. The fourth-order valence-electron chi connectivity index (χ4n) is 4.82. The minimum Gasteiger partial charge on any atom is -0.373 e. The zero-order valence-electron chi connectivity index (χ0n) is 19.3. The summed E-state index contributed by atoms with van der Waals surface area (Å²) >= 11 is 0. The van der Waals surface area contributed by atoms with Crippen molar-refractivity contribution in [3.63, 3.8) is 0 Å². The first-order valence-corrected chi connectivity index (χ1v) is 11.5. The molecule has 2 aromatic carbocycles. The summed E-state index contributed by atoms with van der Waals surface area (Å²) in [5.74, 6) is 0.593. The molecule has 4 rings (SSSR count). The molecule has 0 bridgehead atoms. The molecule has 3 aromatic rings. The maximum Gasteiger partial charge on any atom is 0.416 e. The molecule has 0 aliphatic heterocycles. The third-order valence-electron chi connectivity index (χ3n) is 6.92. The maximum atomic E-state index is 13.3. The van der Waals surface area contributed by atoms with Crippen LogP contribution in [0, 0.1) is 0 Å². The number of hydrogen-bond donors (Lipinski definition) is 2. The highest BCUT2D eigenvalue weighted by Gasteiger charge is 2.40. The van der Waals surface area contributed by atoms with E-state index in [9.17, 15) is 31.1 Å². The lowest BCUT2D eigenvalue weighted by atomic mass is 9.67. The van der Waals surface area contributed by atoms with Gasteiger partial charge in [-0.1, -0.05) is 30.3 Å². The standard InChI is InChI=1S/C25H25F6N3O2/c1-15(17-11-19(24(26,27)28)13-20(12-17)25(29,30)31)36-14-23(18-5-3-2-4-6-18)9-7-16(8-10-23)21-32-22(35)34-33-21/h2-6,11-13,15-16H,7-10,14H2,1H3,(H2,32,33,34,35). The number of nitrogens with zero attached hydrogens (tertiary/aromatic N) is 1. The molecule has 1 aliphatic rings. The van der Waals surface area contributed by atoms with Gasteiger partial charge in [-0.3, -0.25) is 4.98 Å². The highest BCUT2D eigenvalue weighted by atomic mass is 19.4. The number of alkyl halides is 6. The molecule has 2 N–H and O–H groups in total. The molecule has 0 radical (unpaired) electrons. The summed E-state index contributed by atoms with van der Waals surface area (Å²) in [6, 6.07) is 11.0. The van der Waals surface area contributed by atoms with Gasteiger partial charge in [0.05, 0.1) is 23.8 Å². The van der Waals surface area contributed by atoms with Gasteiger partial charge in [0.15, 0.2) is 0 Å². The number of ether oxygens (including phenoxy) is 1. The molecule has 1 aromatic heterocycles. The van der Waals surface area contributed by atoms with Crippen LogP contribution in [0.25, 0.3) is 0 Å². The van der Waals surface area contributed by atoms with E-state index in [-0.39, 0.29) is 29.8 Å². The Bertz CT molecular complexity index is 1190. The van der Waals surface area contributed by atoms with Gasteiger partial charge in [0.2, 0.25) is 0 Å². The zero-order chi connectivity index (χ0) is 26.1. The van der Waals surface area contributed by atoms with Crippen LogP contribution < -0.4 is 5.69 Å². The van der Waals surface area contributed by atoms with Crippen molar-refractivity contribution in [2.24, 2.45) is 0 Å². The van der Waals surface area contributed by atoms with Gasteiger partial charge < -0.3 is 4.74 Å². The number of nitrogens with one attached hydrogen (secondary N) is 2. The topological polar surface area (TPSA) is 70.8 Å². The van der Waals surface area contributed by atoms with Crippen LogP contribution in [0.5, 0.6) is 0 Å². The Morgan fingerprint density at radius 1 is 1.00 bits per heavy atom. The Labute approximate surface area is 202 Å². The number of benzene rings is 2. The van der Waals surface area contributed by atoms with Crippen LogP contribution in [0.4, 0.5) is 26.3 Å². The van der Waals surface area contributed by atoms with Crippen LogP contribution in [0.1, 0.15) is 72.7 Å². The quantitative estimate of drug-likeness (QED) is 0.369. The minimum atomic E-state index is -4.92. The second-order valence-corrected chi connectivity index (χ2v) is 9.28. The van der Waals surface area contributed by atoms with Gasteiger partial charge in [-0.2, -0.15) is 31.4 Å². The summed E-state index contributed by atoms with van der Waals surface area (Å²) in [5, 5.41) is 6.38. The van der Waals surface area contributed by atoms with Crippen molar-refractivity contribution >= 4 is 0 Å². The summed E-state index contributed by atoms with van der Waals surface area (Å²) in [5.41, 5.74) is -2.82. The predicted molar refractivity (Wildman–Crippen MR) is 119 cm³/mol. The first kappa shape index (κ1) is 26.0. The first-order chi connectivity index (χ1) is 16.9. The molecule has 0 spiro atoms. The molecule has 1 fully saturated rings. The summed E-state index contributed by atoms with van der Waals surface area (Å²) in [6.07, 6.45) is -8.22. The number of hydrogen-bond acceptors (Lipinski definition) is 3. The largest absolute Gasteiger partial charge is 0.416 e.